The molecule has 27 heavy (non-hydrogen) atoms. The summed E-state index contributed by atoms with van der Waals surface area (Å²) in [6.45, 7) is 7.77. The van der Waals surface area contributed by atoms with Gasteiger partial charge in [0, 0.05) is 25.3 Å². The molecule has 146 valence electrons. The highest BCUT2D eigenvalue weighted by Gasteiger charge is 2.19. The molecule has 0 radical (unpaired) electrons. The van der Waals surface area contributed by atoms with Gasteiger partial charge in [-0.3, -0.25) is 0 Å². The summed E-state index contributed by atoms with van der Waals surface area (Å²) in [6, 6.07) is 4.29. The van der Waals surface area contributed by atoms with Crippen LogP contribution in [0, 0.1) is 6.92 Å². The Kier molecular flexibility index (Phi) is 6.01. The first kappa shape index (κ1) is 19.2. The van der Waals surface area contributed by atoms with Gasteiger partial charge < -0.3 is 25.3 Å². The number of nitrogens with two attached hydrogens (primary N) is 1. The van der Waals surface area contributed by atoms with Crippen molar-refractivity contribution in [1.82, 2.24) is 9.97 Å². The highest BCUT2D eigenvalue weighted by molar-refractivity contribution is 5.56. The maximum absolute atomic E-state index is 6.24. The SMILES string of the molecule is COc1cc(Oc2cnc(N)nc2NC2CCOCC2)c(C(C)C)cc1C. The van der Waals surface area contributed by atoms with Crippen LogP contribution in [0.2, 0.25) is 0 Å². The molecule has 0 unspecified atom stereocenters. The van der Waals surface area contributed by atoms with Crippen LogP contribution in [0.3, 0.4) is 0 Å². The number of nitrogens with zero attached hydrogens (tertiary/aromatic N) is 2. The van der Waals surface area contributed by atoms with Gasteiger partial charge in [0.05, 0.1) is 13.3 Å². The molecule has 1 aliphatic rings. The van der Waals surface area contributed by atoms with Crippen LogP contribution < -0.4 is 20.5 Å². The highest BCUT2D eigenvalue weighted by Crippen LogP contribution is 2.38. The Hall–Kier alpha value is -2.54. The second-order valence-electron chi connectivity index (χ2n) is 7.09. The molecular formula is C20H28N4O3. The van der Waals surface area contributed by atoms with Crippen molar-refractivity contribution in [2.75, 3.05) is 31.4 Å². The van der Waals surface area contributed by atoms with Crippen LogP contribution in [0.15, 0.2) is 18.3 Å². The van der Waals surface area contributed by atoms with E-state index in [0.717, 1.165) is 48.7 Å². The van der Waals surface area contributed by atoms with E-state index in [1.54, 1.807) is 13.3 Å². The maximum atomic E-state index is 6.24. The summed E-state index contributed by atoms with van der Waals surface area (Å²) < 4.78 is 17.1. The standard InChI is InChI=1S/C20H28N4O3/c1-12(2)15-9-13(3)16(25-4)10-17(15)27-18-11-22-20(21)24-19(18)23-14-5-7-26-8-6-14/h9-12,14H,5-8H2,1-4H3,(H3,21,22,23,24). The van der Waals surface area contributed by atoms with Crippen molar-refractivity contribution < 1.29 is 14.2 Å². The number of nitrogens with one attached hydrogen (secondary N) is 1. The van der Waals surface area contributed by atoms with Gasteiger partial charge in [-0.25, -0.2) is 4.98 Å². The Bertz CT molecular complexity index is 789. The molecule has 1 aromatic carbocycles. The highest BCUT2D eigenvalue weighted by atomic mass is 16.5. The number of aromatic nitrogens is 2. The lowest BCUT2D eigenvalue weighted by Crippen LogP contribution is -2.28. The summed E-state index contributed by atoms with van der Waals surface area (Å²) in [7, 11) is 1.66. The summed E-state index contributed by atoms with van der Waals surface area (Å²) in [5, 5.41) is 3.43. The predicted octanol–water partition coefficient (Wildman–Crippen LogP) is 3.88. The van der Waals surface area contributed by atoms with Crippen LogP contribution in [0.5, 0.6) is 17.2 Å². The van der Waals surface area contributed by atoms with E-state index in [0.29, 0.717) is 17.5 Å². The monoisotopic (exact) mass is 372 g/mol. The quantitative estimate of drug-likeness (QED) is 0.795. The molecule has 3 rings (SSSR count). The number of benzene rings is 1. The average molecular weight is 372 g/mol. The summed E-state index contributed by atoms with van der Waals surface area (Å²) in [5.74, 6) is 3.17. The fraction of sp³-hybridized carbons (Fsp3) is 0.500. The molecule has 0 aliphatic carbocycles. The van der Waals surface area contributed by atoms with Crippen LogP contribution in [0.25, 0.3) is 0 Å². The number of ether oxygens (including phenoxy) is 3. The zero-order valence-corrected chi connectivity index (χ0v) is 16.4. The van der Waals surface area contributed by atoms with Crippen molar-refractivity contribution in [2.45, 2.75) is 45.6 Å². The Morgan fingerprint density at radius 1 is 1.19 bits per heavy atom. The molecule has 1 saturated heterocycles. The first-order chi connectivity index (χ1) is 13.0. The van der Waals surface area contributed by atoms with Crippen LogP contribution in [-0.4, -0.2) is 36.3 Å². The van der Waals surface area contributed by atoms with Crippen LogP contribution in [-0.2, 0) is 4.74 Å². The number of hydrogen-bond donors (Lipinski definition) is 2. The van der Waals surface area contributed by atoms with Gasteiger partial charge in [0.2, 0.25) is 5.95 Å². The Labute approximate surface area is 160 Å². The van der Waals surface area contributed by atoms with E-state index in [4.69, 9.17) is 19.9 Å². The lowest BCUT2D eigenvalue weighted by atomic mass is 9.99. The Morgan fingerprint density at radius 2 is 1.93 bits per heavy atom. The molecule has 0 amide bonds. The number of rotatable bonds is 6. The fourth-order valence-electron chi connectivity index (χ4n) is 3.17. The van der Waals surface area contributed by atoms with E-state index >= 15 is 0 Å². The molecule has 0 spiro atoms. The van der Waals surface area contributed by atoms with Gasteiger partial charge >= 0.3 is 0 Å². The summed E-state index contributed by atoms with van der Waals surface area (Å²) in [6.07, 6.45) is 3.44. The van der Waals surface area contributed by atoms with Crippen molar-refractivity contribution in [3.05, 3.63) is 29.5 Å². The van der Waals surface area contributed by atoms with Gasteiger partial charge in [-0.05, 0) is 42.9 Å². The van der Waals surface area contributed by atoms with Crippen LogP contribution >= 0.6 is 0 Å². The Balaban J connectivity index is 1.93. The van der Waals surface area contributed by atoms with Crippen molar-refractivity contribution in [3.63, 3.8) is 0 Å². The number of hydrogen-bond acceptors (Lipinski definition) is 7. The minimum absolute atomic E-state index is 0.211. The molecule has 0 saturated carbocycles. The van der Waals surface area contributed by atoms with Gasteiger partial charge in [-0.15, -0.1) is 0 Å². The maximum Gasteiger partial charge on any atom is 0.222 e. The van der Waals surface area contributed by atoms with Crippen LogP contribution in [0.1, 0.15) is 43.7 Å². The molecule has 7 nitrogen and oxygen atoms in total. The van der Waals surface area contributed by atoms with Crippen LogP contribution in [0.4, 0.5) is 11.8 Å². The lowest BCUT2D eigenvalue weighted by Gasteiger charge is -2.25. The molecule has 2 aromatic rings. The zero-order valence-electron chi connectivity index (χ0n) is 16.4. The largest absolute Gasteiger partial charge is 0.496 e. The predicted molar refractivity (Wildman–Crippen MR) is 106 cm³/mol. The summed E-state index contributed by atoms with van der Waals surface area (Å²) in [5.41, 5.74) is 7.98. The van der Waals surface area contributed by atoms with E-state index in [-0.39, 0.29) is 12.0 Å². The topological polar surface area (TPSA) is 91.5 Å². The molecule has 1 aliphatic heterocycles. The summed E-state index contributed by atoms with van der Waals surface area (Å²) >= 11 is 0. The second-order valence-corrected chi connectivity index (χ2v) is 7.09. The third kappa shape index (κ3) is 4.60. The molecule has 7 heteroatoms. The van der Waals surface area contributed by atoms with Crippen molar-refractivity contribution >= 4 is 11.8 Å². The smallest absolute Gasteiger partial charge is 0.222 e. The lowest BCUT2D eigenvalue weighted by molar-refractivity contribution is 0.0903. The van der Waals surface area contributed by atoms with Crippen molar-refractivity contribution in [1.29, 1.82) is 0 Å². The second kappa shape index (κ2) is 8.43. The summed E-state index contributed by atoms with van der Waals surface area (Å²) in [4.78, 5) is 8.47. The minimum Gasteiger partial charge on any atom is -0.496 e. The number of aryl methyl sites for hydroxylation is 1. The molecule has 1 fully saturated rings. The Morgan fingerprint density at radius 3 is 2.59 bits per heavy atom. The zero-order chi connectivity index (χ0) is 19.4. The molecular weight excluding hydrogens is 344 g/mol. The molecule has 2 heterocycles. The van der Waals surface area contributed by atoms with E-state index in [1.807, 2.05) is 13.0 Å². The minimum atomic E-state index is 0.211. The molecule has 3 N–H and O–H groups in total. The van der Waals surface area contributed by atoms with Gasteiger partial charge in [-0.2, -0.15) is 4.98 Å². The van der Waals surface area contributed by atoms with Gasteiger partial charge in [-0.1, -0.05) is 13.8 Å². The van der Waals surface area contributed by atoms with E-state index in [9.17, 15) is 0 Å². The van der Waals surface area contributed by atoms with E-state index < -0.39 is 0 Å². The van der Waals surface area contributed by atoms with Crippen molar-refractivity contribution in [3.8, 4) is 17.2 Å². The van der Waals surface area contributed by atoms with Crippen molar-refractivity contribution in [2.24, 2.45) is 0 Å². The first-order valence-corrected chi connectivity index (χ1v) is 9.31. The average Bonchev–Trinajstić information content (AvgIpc) is 2.65. The number of methoxy groups -OCH3 is 1. The van der Waals surface area contributed by atoms with Gasteiger partial charge in [0.1, 0.15) is 11.5 Å². The molecule has 0 bridgehead atoms. The first-order valence-electron chi connectivity index (χ1n) is 9.31. The fourth-order valence-corrected chi connectivity index (χ4v) is 3.17. The van der Waals surface area contributed by atoms with Gasteiger partial charge in [0.15, 0.2) is 11.6 Å². The molecule has 0 atom stereocenters. The van der Waals surface area contributed by atoms with Gasteiger partial charge in [0.25, 0.3) is 0 Å². The molecule has 1 aromatic heterocycles. The van der Waals surface area contributed by atoms with E-state index in [1.165, 1.54) is 0 Å². The normalized spacial score (nSPS) is 15.0. The number of anilines is 2. The number of nitrogen functional groups attached to an aromatic ring is 1. The third-order valence-electron chi connectivity index (χ3n) is 4.71. The third-order valence-corrected chi connectivity index (χ3v) is 4.71. The van der Waals surface area contributed by atoms with E-state index in [2.05, 4.69) is 35.2 Å².